The number of alkyl halides is 3. The summed E-state index contributed by atoms with van der Waals surface area (Å²) in [6.07, 6.45) is 1.86. The summed E-state index contributed by atoms with van der Waals surface area (Å²) in [5, 5.41) is 4.08. The molecular formula is C18H25F4N5O3S. The lowest BCUT2D eigenvalue weighted by Crippen LogP contribution is -2.44. The number of sulfonamides is 1. The van der Waals surface area contributed by atoms with Crippen molar-refractivity contribution < 1.29 is 30.7 Å². The maximum Gasteiger partial charge on any atom is 0.522 e. The lowest BCUT2D eigenvalue weighted by atomic mass is 10.1. The number of nitrogens with two attached hydrogens (primary N) is 1. The van der Waals surface area contributed by atoms with Crippen LogP contribution in [0.3, 0.4) is 0 Å². The molecule has 1 saturated heterocycles. The van der Waals surface area contributed by atoms with Crippen LogP contribution in [-0.2, 0) is 14.8 Å². The van der Waals surface area contributed by atoms with Crippen LogP contribution in [0.1, 0.15) is 50.1 Å². The Morgan fingerprint density at radius 2 is 1.87 bits per heavy atom. The van der Waals surface area contributed by atoms with E-state index in [2.05, 4.69) is 14.8 Å². The van der Waals surface area contributed by atoms with Crippen molar-refractivity contribution in [1.82, 2.24) is 18.9 Å². The number of hydrogen-bond acceptors (Lipinski definition) is 6. The average molecular weight is 467 g/mol. The van der Waals surface area contributed by atoms with E-state index in [1.165, 1.54) is 19.0 Å². The first-order chi connectivity index (χ1) is 14.4. The van der Waals surface area contributed by atoms with E-state index in [1.807, 2.05) is 0 Å². The van der Waals surface area contributed by atoms with Crippen LogP contribution in [0.2, 0.25) is 0 Å². The first-order valence-corrected chi connectivity index (χ1v) is 11.8. The van der Waals surface area contributed by atoms with Crippen molar-refractivity contribution in [3.8, 4) is 0 Å². The maximum atomic E-state index is 13.7. The van der Waals surface area contributed by atoms with E-state index in [0.717, 1.165) is 29.1 Å². The van der Waals surface area contributed by atoms with Gasteiger partial charge < -0.3 is 5.73 Å². The van der Waals surface area contributed by atoms with Crippen molar-refractivity contribution in [3.63, 3.8) is 0 Å². The van der Waals surface area contributed by atoms with Crippen molar-refractivity contribution in [2.45, 2.75) is 56.9 Å². The number of nitrogen functional groups attached to an aromatic ring is 1. The molecule has 2 aliphatic rings. The van der Waals surface area contributed by atoms with Gasteiger partial charge in [-0.2, -0.15) is 4.31 Å². The summed E-state index contributed by atoms with van der Waals surface area (Å²) in [4.78, 5) is 3.81. The number of rotatable bonds is 3. The van der Waals surface area contributed by atoms with Gasteiger partial charge >= 0.3 is 6.36 Å². The Labute approximate surface area is 177 Å². The zero-order chi connectivity index (χ0) is 22.8. The number of ether oxygens (including phenoxy) is 1. The number of aromatic nitrogens is 3. The van der Waals surface area contributed by atoms with E-state index in [0.29, 0.717) is 17.9 Å². The molecule has 2 N–H and O–H groups in total. The molecule has 0 spiro atoms. The molecule has 0 aromatic carbocycles. The highest BCUT2D eigenvalue weighted by Gasteiger charge is 2.36. The lowest BCUT2D eigenvalue weighted by molar-refractivity contribution is -0.345. The van der Waals surface area contributed by atoms with Crippen LogP contribution in [0.4, 0.5) is 23.5 Å². The molecule has 3 heterocycles. The summed E-state index contributed by atoms with van der Waals surface area (Å²) in [7, 11) is -3.43. The van der Waals surface area contributed by atoms with Crippen molar-refractivity contribution in [2.24, 2.45) is 0 Å². The van der Waals surface area contributed by atoms with Crippen molar-refractivity contribution in [3.05, 3.63) is 23.8 Å². The fourth-order valence-corrected chi connectivity index (χ4v) is 4.89. The summed E-state index contributed by atoms with van der Waals surface area (Å²) >= 11 is 0. The standard InChI is InChI=1S/C11H13FN4.C7H12F3NO3S/c12-8-5-9(7-3-1-2-4-7)16-10(8)6-14-11(13)15-16;1-15(12,13)11-4-2-3-6(5-11)14-7(8,9)10/h5-7H,1-4H2,(H2,13,15);6H,2-5H2,1H3. The van der Waals surface area contributed by atoms with Crippen LogP contribution < -0.4 is 5.73 Å². The van der Waals surface area contributed by atoms with Gasteiger partial charge in [0.15, 0.2) is 5.82 Å². The minimum atomic E-state index is -4.70. The second-order valence-corrected chi connectivity index (χ2v) is 9.74. The Bertz CT molecular complexity index is 1010. The topological polar surface area (TPSA) is 103 Å². The van der Waals surface area contributed by atoms with E-state index >= 15 is 0 Å². The first kappa shape index (κ1) is 23.7. The van der Waals surface area contributed by atoms with Gasteiger partial charge in [0.05, 0.1) is 18.6 Å². The molecule has 13 heteroatoms. The van der Waals surface area contributed by atoms with Gasteiger partial charge in [-0.3, -0.25) is 4.74 Å². The number of anilines is 1. The highest BCUT2D eigenvalue weighted by Crippen LogP contribution is 2.35. The Morgan fingerprint density at radius 1 is 1.19 bits per heavy atom. The van der Waals surface area contributed by atoms with Crippen molar-refractivity contribution in [2.75, 3.05) is 25.1 Å². The molecular weight excluding hydrogens is 442 g/mol. The predicted octanol–water partition coefficient (Wildman–Crippen LogP) is 3.06. The van der Waals surface area contributed by atoms with Crippen LogP contribution in [0, 0.1) is 5.82 Å². The summed E-state index contributed by atoms with van der Waals surface area (Å²) in [6.45, 7) is 0.0366. The molecule has 0 amide bonds. The highest BCUT2D eigenvalue weighted by atomic mass is 32.2. The number of piperidine rings is 1. The predicted molar refractivity (Wildman–Crippen MR) is 105 cm³/mol. The van der Waals surface area contributed by atoms with Gasteiger partial charge in [0, 0.05) is 24.7 Å². The smallest absolute Gasteiger partial charge is 0.367 e. The lowest BCUT2D eigenvalue weighted by Gasteiger charge is -2.31. The zero-order valence-electron chi connectivity index (χ0n) is 17.0. The van der Waals surface area contributed by atoms with Gasteiger partial charge in [0.1, 0.15) is 5.52 Å². The molecule has 2 aromatic heterocycles. The number of nitrogens with zero attached hydrogens (tertiary/aromatic N) is 4. The van der Waals surface area contributed by atoms with Gasteiger partial charge in [0.2, 0.25) is 16.0 Å². The Morgan fingerprint density at radius 3 is 2.48 bits per heavy atom. The summed E-state index contributed by atoms with van der Waals surface area (Å²) in [5.41, 5.74) is 6.88. The van der Waals surface area contributed by atoms with Crippen molar-refractivity contribution >= 4 is 21.5 Å². The van der Waals surface area contributed by atoms with Gasteiger partial charge in [-0.15, -0.1) is 18.3 Å². The molecule has 1 saturated carbocycles. The summed E-state index contributed by atoms with van der Waals surface area (Å²) in [5.74, 6) is 0.329. The summed E-state index contributed by atoms with van der Waals surface area (Å²) in [6, 6.07) is 1.57. The molecule has 4 rings (SSSR count). The normalized spacial score (nSPS) is 21.3. The van der Waals surface area contributed by atoms with Gasteiger partial charge in [-0.05, 0) is 31.7 Å². The van der Waals surface area contributed by atoms with Gasteiger partial charge in [-0.25, -0.2) is 22.3 Å². The van der Waals surface area contributed by atoms with Gasteiger partial charge in [0.25, 0.3) is 0 Å². The number of fused-ring (bicyclic) bond motifs is 1. The quantitative estimate of drug-likeness (QED) is 0.696. The van der Waals surface area contributed by atoms with E-state index < -0.39 is 22.5 Å². The molecule has 1 atom stereocenters. The Balaban J connectivity index is 0.000000176. The average Bonchev–Trinajstić information content (AvgIpc) is 3.28. The molecule has 1 unspecified atom stereocenters. The van der Waals surface area contributed by atoms with E-state index in [1.54, 1.807) is 10.6 Å². The number of halogens is 4. The number of hydrogen-bond donors (Lipinski definition) is 1. The minimum absolute atomic E-state index is 0.183. The third-order valence-electron chi connectivity index (χ3n) is 5.40. The molecule has 1 aliphatic heterocycles. The fourth-order valence-electron chi connectivity index (χ4n) is 3.99. The van der Waals surface area contributed by atoms with Crippen LogP contribution in [0.15, 0.2) is 12.3 Å². The molecule has 0 radical (unpaired) electrons. The van der Waals surface area contributed by atoms with E-state index in [9.17, 15) is 26.0 Å². The van der Waals surface area contributed by atoms with Gasteiger partial charge in [-0.1, -0.05) is 12.8 Å². The first-order valence-electron chi connectivity index (χ1n) is 9.93. The van der Waals surface area contributed by atoms with Crippen LogP contribution >= 0.6 is 0 Å². The monoisotopic (exact) mass is 467 g/mol. The van der Waals surface area contributed by atoms with Crippen LogP contribution in [0.25, 0.3) is 5.52 Å². The second-order valence-electron chi connectivity index (χ2n) is 7.76. The molecule has 8 nitrogen and oxygen atoms in total. The Kier molecular flexibility index (Phi) is 7.06. The third-order valence-corrected chi connectivity index (χ3v) is 6.67. The summed E-state index contributed by atoms with van der Waals surface area (Å²) < 4.78 is 77.9. The van der Waals surface area contributed by atoms with E-state index in [-0.39, 0.29) is 31.3 Å². The molecule has 1 aliphatic carbocycles. The molecule has 31 heavy (non-hydrogen) atoms. The molecule has 0 bridgehead atoms. The highest BCUT2D eigenvalue weighted by molar-refractivity contribution is 7.88. The minimum Gasteiger partial charge on any atom is -0.367 e. The Hall–Kier alpha value is -1.99. The molecule has 2 fully saturated rings. The maximum absolute atomic E-state index is 13.7. The second kappa shape index (κ2) is 9.25. The SMILES string of the molecule is CS(=O)(=O)N1CCCC(OC(F)(F)F)C1.Nc1ncc2c(F)cc(C3CCCC3)n2n1. The van der Waals surface area contributed by atoms with E-state index in [4.69, 9.17) is 5.73 Å². The zero-order valence-corrected chi connectivity index (χ0v) is 17.8. The van der Waals surface area contributed by atoms with Crippen molar-refractivity contribution in [1.29, 1.82) is 0 Å². The largest absolute Gasteiger partial charge is 0.522 e. The third kappa shape index (κ3) is 6.26. The molecule has 2 aromatic rings. The van der Waals surface area contributed by atoms with Crippen LogP contribution in [0.5, 0.6) is 0 Å². The van der Waals surface area contributed by atoms with Crippen LogP contribution in [-0.4, -0.2) is 59.1 Å². The molecule has 174 valence electrons. The fraction of sp³-hybridized carbons (Fsp3) is 0.667.